The summed E-state index contributed by atoms with van der Waals surface area (Å²) in [6, 6.07) is 9.04. The fourth-order valence-electron chi connectivity index (χ4n) is 5.48. The lowest BCUT2D eigenvalue weighted by atomic mass is 9.47. The maximum Gasteiger partial charge on any atom is 0.338 e. The Morgan fingerprint density at radius 3 is 2.43 bits per heavy atom. The van der Waals surface area contributed by atoms with Crippen LogP contribution in [0.25, 0.3) is 0 Å². The van der Waals surface area contributed by atoms with Gasteiger partial charge < -0.3 is 9.47 Å². The van der Waals surface area contributed by atoms with Gasteiger partial charge >= 0.3 is 11.9 Å². The minimum Gasteiger partial charge on any atom is -0.465 e. The van der Waals surface area contributed by atoms with Crippen LogP contribution in [-0.2, 0) is 19.1 Å². The van der Waals surface area contributed by atoms with Crippen LogP contribution in [0.15, 0.2) is 30.3 Å². The maximum atomic E-state index is 12.6. The van der Waals surface area contributed by atoms with Crippen molar-refractivity contribution < 1.29 is 23.9 Å². The molecule has 4 unspecified atom stereocenters. The van der Waals surface area contributed by atoms with Gasteiger partial charge in [-0.1, -0.05) is 39.0 Å². The molecule has 28 heavy (non-hydrogen) atoms. The van der Waals surface area contributed by atoms with Crippen LogP contribution in [0.4, 0.5) is 0 Å². The number of carbonyl (C=O) groups is 3. The predicted molar refractivity (Wildman–Crippen MR) is 105 cm³/mol. The SMILES string of the molecule is CC(=O)OCC1C(=O)CCC2C(C)(C)C(OC(=O)c3ccccc3)CCC12C. The molecule has 0 radical (unpaired) electrons. The van der Waals surface area contributed by atoms with Crippen molar-refractivity contribution in [3.05, 3.63) is 35.9 Å². The van der Waals surface area contributed by atoms with E-state index in [0.717, 1.165) is 12.8 Å². The third-order valence-electron chi connectivity index (χ3n) is 7.05. The second-order valence-corrected chi connectivity index (χ2v) is 9.04. The molecule has 0 bridgehead atoms. The Balaban J connectivity index is 1.80. The third kappa shape index (κ3) is 3.71. The lowest BCUT2D eigenvalue weighted by molar-refractivity contribution is -0.169. The molecular weight excluding hydrogens is 356 g/mol. The van der Waals surface area contributed by atoms with Crippen LogP contribution in [0.2, 0.25) is 0 Å². The van der Waals surface area contributed by atoms with E-state index in [1.807, 2.05) is 18.2 Å². The lowest BCUT2D eigenvalue weighted by Crippen LogP contribution is -2.58. The molecule has 2 fully saturated rings. The highest BCUT2D eigenvalue weighted by molar-refractivity contribution is 5.89. The molecule has 1 aromatic carbocycles. The second-order valence-electron chi connectivity index (χ2n) is 9.04. The lowest BCUT2D eigenvalue weighted by Gasteiger charge is -2.58. The van der Waals surface area contributed by atoms with Crippen molar-refractivity contribution in [2.75, 3.05) is 6.61 Å². The molecule has 0 spiro atoms. The monoisotopic (exact) mass is 386 g/mol. The van der Waals surface area contributed by atoms with E-state index in [1.54, 1.807) is 12.1 Å². The van der Waals surface area contributed by atoms with Gasteiger partial charge in [-0.2, -0.15) is 0 Å². The fourth-order valence-corrected chi connectivity index (χ4v) is 5.48. The van der Waals surface area contributed by atoms with Crippen molar-refractivity contribution >= 4 is 17.7 Å². The Bertz CT molecular complexity index is 754. The summed E-state index contributed by atoms with van der Waals surface area (Å²) in [4.78, 5) is 36.5. The molecule has 2 aliphatic rings. The van der Waals surface area contributed by atoms with E-state index in [1.165, 1.54) is 6.92 Å². The highest BCUT2D eigenvalue weighted by atomic mass is 16.5. The van der Waals surface area contributed by atoms with Crippen molar-refractivity contribution in [3.8, 4) is 0 Å². The quantitative estimate of drug-likeness (QED) is 0.726. The van der Waals surface area contributed by atoms with Crippen LogP contribution in [-0.4, -0.2) is 30.4 Å². The van der Waals surface area contributed by atoms with E-state index >= 15 is 0 Å². The molecule has 2 saturated carbocycles. The molecule has 2 aliphatic carbocycles. The Labute approximate surface area is 166 Å². The molecule has 0 aliphatic heterocycles. The zero-order valence-electron chi connectivity index (χ0n) is 17.2. The van der Waals surface area contributed by atoms with Crippen molar-refractivity contribution in [2.45, 2.75) is 59.5 Å². The van der Waals surface area contributed by atoms with Gasteiger partial charge in [0.15, 0.2) is 0 Å². The summed E-state index contributed by atoms with van der Waals surface area (Å²) in [6.45, 7) is 7.93. The first-order chi connectivity index (χ1) is 13.2. The highest BCUT2D eigenvalue weighted by Crippen LogP contribution is 2.59. The van der Waals surface area contributed by atoms with Gasteiger partial charge in [0.05, 0.1) is 11.5 Å². The van der Waals surface area contributed by atoms with Crippen LogP contribution in [0.5, 0.6) is 0 Å². The van der Waals surface area contributed by atoms with Crippen LogP contribution >= 0.6 is 0 Å². The Hall–Kier alpha value is -2.17. The first kappa shape index (κ1) is 20.6. The third-order valence-corrected chi connectivity index (χ3v) is 7.05. The number of hydrogen-bond acceptors (Lipinski definition) is 5. The molecule has 5 heteroatoms. The molecule has 152 valence electrons. The van der Waals surface area contributed by atoms with Crippen molar-refractivity contribution in [2.24, 2.45) is 22.7 Å². The molecule has 5 nitrogen and oxygen atoms in total. The smallest absolute Gasteiger partial charge is 0.338 e. The van der Waals surface area contributed by atoms with Gasteiger partial charge in [0, 0.05) is 18.8 Å². The van der Waals surface area contributed by atoms with E-state index < -0.39 is 0 Å². The normalized spacial score (nSPS) is 31.6. The summed E-state index contributed by atoms with van der Waals surface area (Å²) in [5.74, 6) is -0.565. The second kappa shape index (κ2) is 7.69. The van der Waals surface area contributed by atoms with Gasteiger partial charge in [-0.05, 0) is 42.7 Å². The van der Waals surface area contributed by atoms with Gasteiger partial charge in [-0.15, -0.1) is 0 Å². The number of rotatable bonds is 4. The van der Waals surface area contributed by atoms with Crippen LogP contribution in [0.3, 0.4) is 0 Å². The molecule has 3 rings (SSSR count). The summed E-state index contributed by atoms with van der Waals surface area (Å²) in [5.41, 5.74) is 0.0227. The number of fused-ring (bicyclic) bond motifs is 1. The number of esters is 2. The summed E-state index contributed by atoms with van der Waals surface area (Å²) in [7, 11) is 0. The van der Waals surface area contributed by atoms with E-state index in [9.17, 15) is 14.4 Å². The number of carbonyl (C=O) groups excluding carboxylic acids is 3. The molecule has 4 atom stereocenters. The highest BCUT2D eigenvalue weighted by Gasteiger charge is 2.58. The summed E-state index contributed by atoms with van der Waals surface area (Å²) < 4.78 is 11.2. The van der Waals surface area contributed by atoms with Gasteiger partial charge in [0.2, 0.25) is 0 Å². The first-order valence-corrected chi connectivity index (χ1v) is 10.1. The summed E-state index contributed by atoms with van der Waals surface area (Å²) in [6.07, 6.45) is 2.52. The average Bonchev–Trinajstić information content (AvgIpc) is 2.64. The van der Waals surface area contributed by atoms with Crippen molar-refractivity contribution in [3.63, 3.8) is 0 Å². The zero-order chi connectivity index (χ0) is 20.5. The summed E-state index contributed by atoms with van der Waals surface area (Å²) in [5, 5.41) is 0. The van der Waals surface area contributed by atoms with Crippen LogP contribution in [0, 0.1) is 22.7 Å². The molecule has 0 heterocycles. The molecule has 0 aromatic heterocycles. The van der Waals surface area contributed by atoms with Gasteiger partial charge in [0.1, 0.15) is 18.5 Å². The minimum absolute atomic E-state index is 0.145. The largest absolute Gasteiger partial charge is 0.465 e. The molecular formula is C23H30O5. The molecule has 0 N–H and O–H groups in total. The minimum atomic E-state index is -0.358. The van der Waals surface area contributed by atoms with Crippen LogP contribution < -0.4 is 0 Å². The molecule has 0 saturated heterocycles. The maximum absolute atomic E-state index is 12.6. The number of Topliss-reactive ketones (excluding diaryl/α,β-unsaturated/α-hetero) is 1. The van der Waals surface area contributed by atoms with Crippen LogP contribution in [0.1, 0.15) is 63.7 Å². The Morgan fingerprint density at radius 1 is 1.11 bits per heavy atom. The topological polar surface area (TPSA) is 69.7 Å². The first-order valence-electron chi connectivity index (χ1n) is 10.1. The standard InChI is InChI=1S/C23H30O5/c1-15(24)27-14-17-18(25)10-11-19-22(2,3)20(12-13-23(17,19)4)28-21(26)16-8-6-5-7-9-16/h5-9,17,19-20H,10-14H2,1-4H3. The predicted octanol–water partition coefficient (Wildman–Crippen LogP) is 4.20. The van der Waals surface area contributed by atoms with E-state index in [4.69, 9.17) is 9.47 Å². The van der Waals surface area contributed by atoms with Gasteiger partial charge in [-0.25, -0.2) is 4.79 Å². The van der Waals surface area contributed by atoms with E-state index in [-0.39, 0.29) is 53.1 Å². The fraction of sp³-hybridized carbons (Fsp3) is 0.609. The number of benzene rings is 1. The summed E-state index contributed by atoms with van der Waals surface area (Å²) >= 11 is 0. The van der Waals surface area contributed by atoms with Crippen molar-refractivity contribution in [1.29, 1.82) is 0 Å². The van der Waals surface area contributed by atoms with E-state index in [2.05, 4.69) is 20.8 Å². The molecule has 0 amide bonds. The number of ketones is 1. The van der Waals surface area contributed by atoms with Gasteiger partial charge in [0.25, 0.3) is 0 Å². The average molecular weight is 386 g/mol. The van der Waals surface area contributed by atoms with E-state index in [0.29, 0.717) is 18.4 Å². The Morgan fingerprint density at radius 2 is 1.79 bits per heavy atom. The Kier molecular flexibility index (Phi) is 5.64. The molecule has 1 aromatic rings. The van der Waals surface area contributed by atoms with Crippen molar-refractivity contribution in [1.82, 2.24) is 0 Å². The zero-order valence-corrected chi connectivity index (χ0v) is 17.2. The number of ether oxygens (including phenoxy) is 2. The van der Waals surface area contributed by atoms with Gasteiger partial charge in [-0.3, -0.25) is 9.59 Å². The number of hydrogen-bond donors (Lipinski definition) is 0.